The summed E-state index contributed by atoms with van der Waals surface area (Å²) in [5, 5.41) is 24.6. The second-order valence-corrected chi connectivity index (χ2v) is 6.20. The Hall–Kier alpha value is -2.05. The standard InChI is InChI=1S/C14H17N4O3P/c1-3-20-22(19,21-4-2)11-12-5-7-13(8-6-12)17-18-14(9-15)10-16/h5-8,14H,3-4,11H2,1-2H3. The van der Waals surface area contributed by atoms with Gasteiger partial charge in [-0.1, -0.05) is 12.1 Å². The maximum absolute atomic E-state index is 12.4. The van der Waals surface area contributed by atoms with Crippen molar-refractivity contribution in [3.8, 4) is 12.1 Å². The Bertz CT molecular complexity index is 607. The molecule has 0 heterocycles. The molecule has 0 fully saturated rings. The van der Waals surface area contributed by atoms with E-state index >= 15 is 0 Å². The molecular weight excluding hydrogens is 303 g/mol. The van der Waals surface area contributed by atoms with Crippen LogP contribution in [0.3, 0.4) is 0 Å². The van der Waals surface area contributed by atoms with Crippen LogP contribution in [0.1, 0.15) is 19.4 Å². The molecule has 0 aromatic heterocycles. The van der Waals surface area contributed by atoms with Crippen LogP contribution in [-0.4, -0.2) is 19.3 Å². The van der Waals surface area contributed by atoms with Crippen molar-refractivity contribution in [3.05, 3.63) is 29.8 Å². The van der Waals surface area contributed by atoms with Crippen LogP contribution in [0.2, 0.25) is 0 Å². The fraction of sp³-hybridized carbons (Fsp3) is 0.429. The number of nitriles is 2. The van der Waals surface area contributed by atoms with Crippen LogP contribution in [0.4, 0.5) is 5.69 Å². The monoisotopic (exact) mass is 320 g/mol. The largest absolute Gasteiger partial charge is 0.335 e. The van der Waals surface area contributed by atoms with E-state index in [9.17, 15) is 4.57 Å². The molecule has 0 aliphatic carbocycles. The molecule has 0 aliphatic heterocycles. The predicted octanol–water partition coefficient (Wildman–Crippen LogP) is 3.95. The van der Waals surface area contributed by atoms with Gasteiger partial charge in [0, 0.05) is 0 Å². The molecule has 8 heteroatoms. The Balaban J connectivity index is 2.79. The molecule has 0 saturated heterocycles. The minimum Gasteiger partial charge on any atom is -0.309 e. The molecule has 0 N–H and O–H groups in total. The quantitative estimate of drug-likeness (QED) is 0.532. The van der Waals surface area contributed by atoms with Crippen LogP contribution in [-0.2, 0) is 19.8 Å². The Morgan fingerprint density at radius 2 is 1.68 bits per heavy atom. The zero-order chi connectivity index (χ0) is 16.4. The molecule has 116 valence electrons. The summed E-state index contributed by atoms with van der Waals surface area (Å²) in [6.07, 6.45) is 0.172. The lowest BCUT2D eigenvalue weighted by atomic mass is 10.2. The third-order valence-electron chi connectivity index (χ3n) is 2.50. The van der Waals surface area contributed by atoms with E-state index in [0.29, 0.717) is 18.9 Å². The van der Waals surface area contributed by atoms with Crippen LogP contribution in [0.25, 0.3) is 0 Å². The highest BCUT2D eigenvalue weighted by Gasteiger charge is 2.23. The van der Waals surface area contributed by atoms with Gasteiger partial charge in [0.2, 0.25) is 6.04 Å². The second kappa shape index (κ2) is 9.07. The lowest BCUT2D eigenvalue weighted by Crippen LogP contribution is -1.98. The molecule has 22 heavy (non-hydrogen) atoms. The molecule has 0 aliphatic rings. The van der Waals surface area contributed by atoms with Gasteiger partial charge in [-0.05, 0) is 31.5 Å². The smallest absolute Gasteiger partial charge is 0.309 e. The predicted molar refractivity (Wildman–Crippen MR) is 80.5 cm³/mol. The highest BCUT2D eigenvalue weighted by Crippen LogP contribution is 2.51. The van der Waals surface area contributed by atoms with E-state index < -0.39 is 13.6 Å². The minimum absolute atomic E-state index is 0.172. The highest BCUT2D eigenvalue weighted by atomic mass is 31.2. The molecule has 0 bridgehead atoms. The Morgan fingerprint density at radius 3 is 2.14 bits per heavy atom. The maximum Gasteiger partial charge on any atom is 0.335 e. The molecule has 7 nitrogen and oxygen atoms in total. The van der Waals surface area contributed by atoms with E-state index in [1.807, 2.05) is 0 Å². The summed E-state index contributed by atoms with van der Waals surface area (Å²) in [6.45, 7) is 4.15. The summed E-state index contributed by atoms with van der Waals surface area (Å²) in [5.41, 5.74) is 1.28. The normalized spacial score (nSPS) is 11.5. The molecule has 0 saturated carbocycles. The van der Waals surface area contributed by atoms with Crippen molar-refractivity contribution >= 4 is 13.3 Å². The maximum atomic E-state index is 12.4. The van der Waals surface area contributed by atoms with Gasteiger partial charge in [0.05, 0.1) is 25.1 Å². The number of rotatable bonds is 8. The van der Waals surface area contributed by atoms with Crippen LogP contribution >= 0.6 is 7.60 Å². The van der Waals surface area contributed by atoms with Crippen molar-refractivity contribution in [3.63, 3.8) is 0 Å². The molecular formula is C14H17N4O3P. The number of benzene rings is 1. The van der Waals surface area contributed by atoms with Crippen molar-refractivity contribution in [1.29, 1.82) is 10.5 Å². The number of hydrogen-bond donors (Lipinski definition) is 0. The zero-order valence-electron chi connectivity index (χ0n) is 12.5. The van der Waals surface area contributed by atoms with Gasteiger partial charge in [0.25, 0.3) is 0 Å². The number of hydrogen-bond acceptors (Lipinski definition) is 7. The lowest BCUT2D eigenvalue weighted by molar-refractivity contribution is 0.219. The van der Waals surface area contributed by atoms with Gasteiger partial charge in [0.1, 0.15) is 12.1 Å². The number of nitrogens with zero attached hydrogens (tertiary/aromatic N) is 4. The molecule has 0 radical (unpaired) electrons. The van der Waals surface area contributed by atoms with E-state index in [0.717, 1.165) is 5.56 Å². The van der Waals surface area contributed by atoms with E-state index in [2.05, 4.69) is 10.2 Å². The van der Waals surface area contributed by atoms with Gasteiger partial charge >= 0.3 is 7.60 Å². The summed E-state index contributed by atoms with van der Waals surface area (Å²) in [6, 6.07) is 9.06. The van der Waals surface area contributed by atoms with Gasteiger partial charge in [-0.25, -0.2) is 0 Å². The van der Waals surface area contributed by atoms with E-state index in [1.165, 1.54) is 0 Å². The Labute approximate surface area is 129 Å². The van der Waals surface area contributed by atoms with E-state index in [1.54, 1.807) is 50.3 Å². The van der Waals surface area contributed by atoms with E-state index in [4.69, 9.17) is 19.6 Å². The summed E-state index contributed by atoms with van der Waals surface area (Å²) in [4.78, 5) is 0. The first-order chi connectivity index (χ1) is 10.6. The summed E-state index contributed by atoms with van der Waals surface area (Å²) in [5.74, 6) is 0. The topological polar surface area (TPSA) is 108 Å². The van der Waals surface area contributed by atoms with Gasteiger partial charge in [0.15, 0.2) is 0 Å². The average Bonchev–Trinajstić information content (AvgIpc) is 2.50. The van der Waals surface area contributed by atoms with Crippen LogP contribution in [0.5, 0.6) is 0 Å². The fourth-order valence-electron chi connectivity index (χ4n) is 1.62. The summed E-state index contributed by atoms with van der Waals surface area (Å²) in [7, 11) is -3.14. The molecule has 0 amide bonds. The SMILES string of the molecule is CCOP(=O)(Cc1ccc(N=NC(C#N)C#N)cc1)OCC. The highest BCUT2D eigenvalue weighted by molar-refractivity contribution is 7.53. The van der Waals surface area contributed by atoms with Crippen LogP contribution in [0.15, 0.2) is 34.5 Å². The van der Waals surface area contributed by atoms with Crippen molar-refractivity contribution in [2.45, 2.75) is 26.1 Å². The Kier molecular flexibility index (Phi) is 7.42. The van der Waals surface area contributed by atoms with Crippen molar-refractivity contribution in [1.82, 2.24) is 0 Å². The van der Waals surface area contributed by atoms with Crippen LogP contribution in [0, 0.1) is 22.7 Å². The first-order valence-corrected chi connectivity index (χ1v) is 8.46. The molecule has 1 aromatic rings. The van der Waals surface area contributed by atoms with Crippen molar-refractivity contribution < 1.29 is 13.6 Å². The molecule has 0 spiro atoms. The van der Waals surface area contributed by atoms with E-state index in [-0.39, 0.29) is 6.16 Å². The Morgan fingerprint density at radius 1 is 1.14 bits per heavy atom. The summed E-state index contributed by atoms with van der Waals surface area (Å²) >= 11 is 0. The number of azo groups is 1. The zero-order valence-corrected chi connectivity index (χ0v) is 13.4. The molecule has 0 unspecified atom stereocenters. The first-order valence-electron chi connectivity index (χ1n) is 6.74. The third-order valence-corrected chi connectivity index (χ3v) is 4.55. The summed E-state index contributed by atoms with van der Waals surface area (Å²) < 4.78 is 22.9. The second-order valence-electron chi connectivity index (χ2n) is 4.15. The van der Waals surface area contributed by atoms with Gasteiger partial charge in [-0.15, -0.1) is 0 Å². The fourth-order valence-corrected chi connectivity index (χ4v) is 3.32. The van der Waals surface area contributed by atoms with Gasteiger partial charge < -0.3 is 9.05 Å². The first kappa shape index (κ1) is 18.0. The van der Waals surface area contributed by atoms with Crippen LogP contribution < -0.4 is 0 Å². The lowest BCUT2D eigenvalue weighted by Gasteiger charge is -2.16. The molecule has 0 atom stereocenters. The van der Waals surface area contributed by atoms with Crippen molar-refractivity contribution in [2.75, 3.05) is 13.2 Å². The molecule has 1 aromatic carbocycles. The van der Waals surface area contributed by atoms with Gasteiger partial charge in [-0.3, -0.25) is 4.57 Å². The van der Waals surface area contributed by atoms with Crippen molar-refractivity contribution in [2.24, 2.45) is 10.2 Å². The molecule has 1 rings (SSSR count). The minimum atomic E-state index is -3.14. The third kappa shape index (κ3) is 5.75. The average molecular weight is 320 g/mol. The van der Waals surface area contributed by atoms with Gasteiger partial charge in [-0.2, -0.15) is 20.8 Å².